The molecule has 1 saturated heterocycles. The van der Waals surface area contributed by atoms with Crippen molar-refractivity contribution in [2.75, 3.05) is 6.54 Å². The van der Waals surface area contributed by atoms with Crippen LogP contribution in [0.5, 0.6) is 5.88 Å². The van der Waals surface area contributed by atoms with E-state index in [0.29, 0.717) is 30.6 Å². The zero-order valence-corrected chi connectivity index (χ0v) is 14.2. The van der Waals surface area contributed by atoms with Crippen molar-refractivity contribution in [2.24, 2.45) is 0 Å². The summed E-state index contributed by atoms with van der Waals surface area (Å²) in [5, 5.41) is 3.99. The van der Waals surface area contributed by atoms with Gasteiger partial charge in [-0.25, -0.2) is 4.98 Å². The number of likely N-dealkylation sites (tertiary alicyclic amines) is 1. The molecule has 132 valence electrons. The van der Waals surface area contributed by atoms with Crippen LogP contribution in [-0.4, -0.2) is 38.6 Å². The number of aromatic nitrogens is 3. The maximum absolute atomic E-state index is 11.7. The average molecular weight is 342 g/mol. The Morgan fingerprint density at radius 1 is 1.24 bits per heavy atom. The Hall–Kier alpha value is -2.44. The first-order valence-electron chi connectivity index (χ1n) is 9.01. The van der Waals surface area contributed by atoms with E-state index >= 15 is 0 Å². The standard InChI is InChI=1S/C18H22N4O3/c23-17-7-4-10-22(17)12-15-20-18(25-21-15)13-8-9-19-16(11-13)24-14-5-2-1-3-6-14/h8-9,11,14H,1-7,10,12H2. The minimum atomic E-state index is 0.151. The lowest BCUT2D eigenvalue weighted by Gasteiger charge is -2.22. The summed E-state index contributed by atoms with van der Waals surface area (Å²) in [6.07, 6.45) is 9.34. The SMILES string of the molecule is O=C1CCCN1Cc1noc(-c2ccnc(OC3CCCCC3)c2)n1. The fourth-order valence-corrected chi connectivity index (χ4v) is 3.44. The number of carbonyl (C=O) groups excluding carboxylic acids is 1. The quantitative estimate of drug-likeness (QED) is 0.831. The van der Waals surface area contributed by atoms with Crippen LogP contribution in [0, 0.1) is 0 Å². The Morgan fingerprint density at radius 2 is 2.12 bits per heavy atom. The predicted octanol–water partition coefficient (Wildman–Crippen LogP) is 2.97. The predicted molar refractivity (Wildman–Crippen MR) is 89.7 cm³/mol. The minimum Gasteiger partial charge on any atom is -0.474 e. The van der Waals surface area contributed by atoms with E-state index in [0.717, 1.165) is 31.4 Å². The van der Waals surface area contributed by atoms with Gasteiger partial charge in [-0.2, -0.15) is 4.98 Å². The van der Waals surface area contributed by atoms with E-state index in [1.165, 1.54) is 19.3 Å². The molecule has 7 heteroatoms. The van der Waals surface area contributed by atoms with Crippen LogP contribution in [0.3, 0.4) is 0 Å². The van der Waals surface area contributed by atoms with Gasteiger partial charge in [0.2, 0.25) is 11.8 Å². The van der Waals surface area contributed by atoms with Gasteiger partial charge >= 0.3 is 0 Å². The third-order valence-electron chi connectivity index (χ3n) is 4.79. The number of rotatable bonds is 5. The van der Waals surface area contributed by atoms with Crippen molar-refractivity contribution < 1.29 is 14.1 Å². The molecule has 25 heavy (non-hydrogen) atoms. The molecule has 0 bridgehead atoms. The van der Waals surface area contributed by atoms with Crippen LogP contribution >= 0.6 is 0 Å². The van der Waals surface area contributed by atoms with Crippen LogP contribution < -0.4 is 4.74 Å². The molecule has 3 heterocycles. The Kier molecular flexibility index (Phi) is 4.63. The third kappa shape index (κ3) is 3.81. The largest absolute Gasteiger partial charge is 0.474 e. The molecule has 0 atom stereocenters. The van der Waals surface area contributed by atoms with Gasteiger partial charge in [-0.1, -0.05) is 11.6 Å². The van der Waals surface area contributed by atoms with Crippen LogP contribution in [0.2, 0.25) is 0 Å². The number of hydrogen-bond acceptors (Lipinski definition) is 6. The number of ether oxygens (including phenoxy) is 1. The molecule has 4 rings (SSSR count). The lowest BCUT2D eigenvalue weighted by atomic mass is 9.98. The number of pyridine rings is 1. The summed E-state index contributed by atoms with van der Waals surface area (Å²) in [4.78, 5) is 22.2. The topological polar surface area (TPSA) is 81.4 Å². The molecule has 1 amide bonds. The van der Waals surface area contributed by atoms with E-state index in [1.807, 2.05) is 12.1 Å². The van der Waals surface area contributed by atoms with Crippen molar-refractivity contribution in [2.45, 2.75) is 57.6 Å². The number of hydrogen-bond donors (Lipinski definition) is 0. The van der Waals surface area contributed by atoms with Crippen molar-refractivity contribution in [3.8, 4) is 17.3 Å². The van der Waals surface area contributed by atoms with Crippen molar-refractivity contribution in [3.05, 3.63) is 24.2 Å². The van der Waals surface area contributed by atoms with Crippen LogP contribution in [0.4, 0.5) is 0 Å². The Bertz CT molecular complexity index is 739. The molecule has 0 aromatic carbocycles. The van der Waals surface area contributed by atoms with Crippen LogP contribution in [0.25, 0.3) is 11.5 Å². The zero-order chi connectivity index (χ0) is 17.1. The monoisotopic (exact) mass is 342 g/mol. The van der Waals surface area contributed by atoms with Gasteiger partial charge in [0.1, 0.15) is 6.10 Å². The van der Waals surface area contributed by atoms with Crippen LogP contribution in [0.15, 0.2) is 22.9 Å². The molecule has 2 aromatic rings. The maximum Gasteiger partial charge on any atom is 0.258 e. The summed E-state index contributed by atoms with van der Waals surface area (Å²) in [5.41, 5.74) is 0.785. The van der Waals surface area contributed by atoms with E-state index in [2.05, 4.69) is 15.1 Å². The first-order chi connectivity index (χ1) is 12.3. The van der Waals surface area contributed by atoms with E-state index in [4.69, 9.17) is 9.26 Å². The Balaban J connectivity index is 1.44. The highest BCUT2D eigenvalue weighted by Crippen LogP contribution is 2.25. The van der Waals surface area contributed by atoms with E-state index in [-0.39, 0.29) is 12.0 Å². The normalized spacial score (nSPS) is 18.7. The highest BCUT2D eigenvalue weighted by atomic mass is 16.5. The minimum absolute atomic E-state index is 0.151. The summed E-state index contributed by atoms with van der Waals surface area (Å²) in [5.74, 6) is 1.70. The van der Waals surface area contributed by atoms with Crippen LogP contribution in [-0.2, 0) is 11.3 Å². The highest BCUT2D eigenvalue weighted by Gasteiger charge is 2.22. The van der Waals surface area contributed by atoms with Gasteiger partial charge in [-0.05, 0) is 38.2 Å². The molecule has 7 nitrogen and oxygen atoms in total. The molecule has 0 radical (unpaired) electrons. The summed E-state index contributed by atoms with van der Waals surface area (Å²) < 4.78 is 11.4. The molecule has 2 aliphatic rings. The van der Waals surface area contributed by atoms with Crippen molar-refractivity contribution >= 4 is 5.91 Å². The fourth-order valence-electron chi connectivity index (χ4n) is 3.44. The second-order valence-electron chi connectivity index (χ2n) is 6.70. The second kappa shape index (κ2) is 7.21. The van der Waals surface area contributed by atoms with Gasteiger partial charge in [-0.3, -0.25) is 4.79 Å². The van der Waals surface area contributed by atoms with Crippen molar-refractivity contribution in [1.29, 1.82) is 0 Å². The van der Waals surface area contributed by atoms with Gasteiger partial charge in [0.05, 0.1) is 6.54 Å². The number of carbonyl (C=O) groups is 1. The number of nitrogens with zero attached hydrogens (tertiary/aromatic N) is 4. The molecule has 2 fully saturated rings. The summed E-state index contributed by atoms with van der Waals surface area (Å²) >= 11 is 0. The zero-order valence-electron chi connectivity index (χ0n) is 14.2. The fraction of sp³-hybridized carbons (Fsp3) is 0.556. The second-order valence-corrected chi connectivity index (χ2v) is 6.70. The van der Waals surface area contributed by atoms with Gasteiger partial charge in [0, 0.05) is 30.8 Å². The number of amides is 1. The summed E-state index contributed by atoms with van der Waals surface area (Å²) in [6, 6.07) is 3.67. The smallest absolute Gasteiger partial charge is 0.258 e. The van der Waals surface area contributed by atoms with Crippen LogP contribution in [0.1, 0.15) is 50.8 Å². The molecule has 1 aliphatic heterocycles. The summed E-state index contributed by atoms with van der Waals surface area (Å²) in [7, 11) is 0. The van der Waals surface area contributed by atoms with Gasteiger partial charge < -0.3 is 14.2 Å². The average Bonchev–Trinajstić information content (AvgIpc) is 3.26. The molecular formula is C18H22N4O3. The first kappa shape index (κ1) is 16.1. The molecule has 2 aromatic heterocycles. The van der Waals surface area contributed by atoms with Gasteiger partial charge in [0.25, 0.3) is 5.89 Å². The Labute approximate surface area is 146 Å². The van der Waals surface area contributed by atoms with Gasteiger partial charge in [-0.15, -0.1) is 0 Å². The third-order valence-corrected chi connectivity index (χ3v) is 4.79. The van der Waals surface area contributed by atoms with E-state index in [1.54, 1.807) is 11.1 Å². The van der Waals surface area contributed by atoms with Gasteiger partial charge in [0.15, 0.2) is 5.82 Å². The Morgan fingerprint density at radius 3 is 2.92 bits per heavy atom. The lowest BCUT2D eigenvalue weighted by molar-refractivity contribution is -0.128. The summed E-state index contributed by atoms with van der Waals surface area (Å²) in [6.45, 7) is 1.16. The first-order valence-corrected chi connectivity index (χ1v) is 9.01. The highest BCUT2D eigenvalue weighted by molar-refractivity contribution is 5.77. The van der Waals surface area contributed by atoms with Crippen molar-refractivity contribution in [1.82, 2.24) is 20.0 Å². The molecule has 0 spiro atoms. The molecule has 0 unspecified atom stereocenters. The maximum atomic E-state index is 11.7. The van der Waals surface area contributed by atoms with Crippen molar-refractivity contribution in [3.63, 3.8) is 0 Å². The molecule has 1 aliphatic carbocycles. The molecule has 1 saturated carbocycles. The lowest BCUT2D eigenvalue weighted by Crippen LogP contribution is -2.24. The van der Waals surface area contributed by atoms with E-state index in [9.17, 15) is 4.79 Å². The molecule has 0 N–H and O–H groups in total. The van der Waals surface area contributed by atoms with E-state index < -0.39 is 0 Å². The molecular weight excluding hydrogens is 320 g/mol.